The molecule has 0 bridgehead atoms. The molecule has 0 unspecified atom stereocenters. The summed E-state index contributed by atoms with van der Waals surface area (Å²) in [5.74, 6) is 1.03. The lowest BCUT2D eigenvalue weighted by atomic mass is 10.2. The number of hydrogen-bond acceptors (Lipinski definition) is 6. The molecule has 2 aromatic rings. The molecule has 6 heteroatoms. The Morgan fingerprint density at radius 3 is 2.55 bits per heavy atom. The molecular weight excluding hydrogens is 254 g/mol. The van der Waals surface area contributed by atoms with Gasteiger partial charge >= 0.3 is 0 Å². The Morgan fingerprint density at radius 2 is 1.95 bits per heavy atom. The second-order valence-corrected chi connectivity index (χ2v) is 4.72. The quantitative estimate of drug-likeness (QED) is 0.803. The summed E-state index contributed by atoms with van der Waals surface area (Å²) in [5.41, 5.74) is 7.13. The van der Waals surface area contributed by atoms with Gasteiger partial charge in [0.25, 0.3) is 0 Å². The van der Waals surface area contributed by atoms with Gasteiger partial charge in [0.1, 0.15) is 5.82 Å². The van der Waals surface area contributed by atoms with Crippen LogP contribution in [-0.2, 0) is 0 Å². The first-order chi connectivity index (χ1) is 9.65. The van der Waals surface area contributed by atoms with E-state index in [2.05, 4.69) is 19.9 Å². The topological polar surface area (TPSA) is 77.2 Å². The third-order valence-electron chi connectivity index (χ3n) is 2.70. The molecule has 0 radical (unpaired) electrons. The Hall–Kier alpha value is -2.21. The van der Waals surface area contributed by atoms with Gasteiger partial charge in [0.05, 0.1) is 24.7 Å². The molecule has 2 aromatic heterocycles. The maximum atomic E-state index is 5.57. The van der Waals surface area contributed by atoms with Crippen LogP contribution in [0.3, 0.4) is 0 Å². The van der Waals surface area contributed by atoms with E-state index in [1.54, 1.807) is 12.4 Å². The van der Waals surface area contributed by atoms with Gasteiger partial charge < -0.3 is 15.4 Å². The van der Waals surface area contributed by atoms with Crippen LogP contribution in [0.2, 0.25) is 0 Å². The summed E-state index contributed by atoms with van der Waals surface area (Å²) < 4.78 is 5.57. The van der Waals surface area contributed by atoms with E-state index in [4.69, 9.17) is 10.5 Å². The predicted molar refractivity (Wildman–Crippen MR) is 78.3 cm³/mol. The Labute approximate surface area is 118 Å². The number of pyridine rings is 1. The van der Waals surface area contributed by atoms with Crippen molar-refractivity contribution in [2.75, 3.05) is 33.0 Å². The highest BCUT2D eigenvalue weighted by molar-refractivity contribution is 5.57. The lowest BCUT2D eigenvalue weighted by Crippen LogP contribution is -2.15. The average Bonchev–Trinajstić information content (AvgIpc) is 2.45. The van der Waals surface area contributed by atoms with E-state index in [9.17, 15) is 0 Å². The first-order valence-electron chi connectivity index (χ1n) is 6.46. The van der Waals surface area contributed by atoms with Crippen molar-refractivity contribution in [1.82, 2.24) is 19.9 Å². The summed E-state index contributed by atoms with van der Waals surface area (Å²) in [4.78, 5) is 14.6. The number of nitrogen functional groups attached to an aromatic ring is 1. The SMILES string of the molecule is CN(C)CCCOc1ccc(-c2cnc(N)cn2)cn1. The van der Waals surface area contributed by atoms with Crippen LogP contribution in [0.5, 0.6) is 5.88 Å². The molecule has 2 rings (SSSR count). The van der Waals surface area contributed by atoms with E-state index in [1.807, 2.05) is 26.2 Å². The van der Waals surface area contributed by atoms with Crippen LogP contribution in [-0.4, -0.2) is 47.1 Å². The van der Waals surface area contributed by atoms with Gasteiger partial charge in [0.15, 0.2) is 0 Å². The molecule has 0 spiro atoms. The molecule has 2 N–H and O–H groups in total. The highest BCUT2D eigenvalue weighted by atomic mass is 16.5. The molecule has 0 aliphatic carbocycles. The number of nitrogens with two attached hydrogens (primary N) is 1. The van der Waals surface area contributed by atoms with Crippen molar-refractivity contribution >= 4 is 5.82 Å². The zero-order valence-electron chi connectivity index (χ0n) is 11.8. The smallest absolute Gasteiger partial charge is 0.213 e. The molecule has 106 valence electrons. The second-order valence-electron chi connectivity index (χ2n) is 4.72. The maximum absolute atomic E-state index is 5.57. The zero-order chi connectivity index (χ0) is 14.4. The Morgan fingerprint density at radius 1 is 1.10 bits per heavy atom. The van der Waals surface area contributed by atoms with Crippen LogP contribution >= 0.6 is 0 Å². The second kappa shape index (κ2) is 6.81. The molecule has 2 heterocycles. The third kappa shape index (κ3) is 4.17. The highest BCUT2D eigenvalue weighted by Crippen LogP contribution is 2.17. The van der Waals surface area contributed by atoms with Crippen molar-refractivity contribution in [2.24, 2.45) is 0 Å². The number of rotatable bonds is 6. The van der Waals surface area contributed by atoms with E-state index >= 15 is 0 Å². The maximum Gasteiger partial charge on any atom is 0.213 e. The van der Waals surface area contributed by atoms with Crippen molar-refractivity contribution < 1.29 is 4.74 Å². The zero-order valence-corrected chi connectivity index (χ0v) is 11.8. The summed E-state index contributed by atoms with van der Waals surface area (Å²) in [6.45, 7) is 1.66. The van der Waals surface area contributed by atoms with Gasteiger partial charge in [-0.3, -0.25) is 4.98 Å². The summed E-state index contributed by atoms with van der Waals surface area (Å²) in [6.07, 6.45) is 5.85. The number of ether oxygens (including phenoxy) is 1. The largest absolute Gasteiger partial charge is 0.478 e. The van der Waals surface area contributed by atoms with Gasteiger partial charge in [-0.2, -0.15) is 0 Å². The number of anilines is 1. The fraction of sp³-hybridized carbons (Fsp3) is 0.357. The van der Waals surface area contributed by atoms with E-state index in [0.717, 1.165) is 24.2 Å². The minimum atomic E-state index is 0.405. The van der Waals surface area contributed by atoms with Crippen molar-refractivity contribution in [3.05, 3.63) is 30.7 Å². The van der Waals surface area contributed by atoms with Crippen LogP contribution in [0.25, 0.3) is 11.3 Å². The first kappa shape index (κ1) is 14.2. The molecule has 0 aliphatic rings. The van der Waals surface area contributed by atoms with Gasteiger partial charge in [-0.05, 0) is 26.6 Å². The van der Waals surface area contributed by atoms with E-state index < -0.39 is 0 Å². The standard InChI is InChI=1S/C14H19N5O/c1-19(2)6-3-7-20-14-5-4-11(8-18-14)12-9-17-13(15)10-16-12/h4-5,8-10H,3,6-7H2,1-2H3,(H2,15,17). The number of nitrogens with zero attached hydrogens (tertiary/aromatic N) is 4. The molecule has 20 heavy (non-hydrogen) atoms. The van der Waals surface area contributed by atoms with E-state index in [0.29, 0.717) is 18.3 Å². The van der Waals surface area contributed by atoms with Crippen molar-refractivity contribution in [2.45, 2.75) is 6.42 Å². The van der Waals surface area contributed by atoms with Crippen LogP contribution in [0, 0.1) is 0 Å². The third-order valence-corrected chi connectivity index (χ3v) is 2.70. The number of hydrogen-bond donors (Lipinski definition) is 1. The summed E-state index contributed by atoms with van der Waals surface area (Å²) in [6, 6.07) is 3.75. The summed E-state index contributed by atoms with van der Waals surface area (Å²) in [7, 11) is 4.08. The molecule has 0 fully saturated rings. The summed E-state index contributed by atoms with van der Waals surface area (Å²) >= 11 is 0. The minimum Gasteiger partial charge on any atom is -0.478 e. The van der Waals surface area contributed by atoms with Crippen molar-refractivity contribution in [3.8, 4) is 17.1 Å². The van der Waals surface area contributed by atoms with Gasteiger partial charge in [0.2, 0.25) is 5.88 Å². The summed E-state index contributed by atoms with van der Waals surface area (Å²) in [5, 5.41) is 0. The average molecular weight is 273 g/mol. The van der Waals surface area contributed by atoms with Crippen LogP contribution < -0.4 is 10.5 Å². The molecule has 6 nitrogen and oxygen atoms in total. The Balaban J connectivity index is 1.91. The normalized spacial score (nSPS) is 10.8. The highest BCUT2D eigenvalue weighted by Gasteiger charge is 2.02. The number of aromatic nitrogens is 3. The van der Waals surface area contributed by atoms with Gasteiger partial charge in [0, 0.05) is 24.4 Å². The van der Waals surface area contributed by atoms with Gasteiger partial charge in [-0.25, -0.2) is 9.97 Å². The Bertz CT molecular complexity index is 524. The van der Waals surface area contributed by atoms with E-state index in [1.165, 1.54) is 6.20 Å². The monoisotopic (exact) mass is 273 g/mol. The van der Waals surface area contributed by atoms with Crippen molar-refractivity contribution in [1.29, 1.82) is 0 Å². The van der Waals surface area contributed by atoms with E-state index in [-0.39, 0.29) is 0 Å². The van der Waals surface area contributed by atoms with Gasteiger partial charge in [-0.1, -0.05) is 0 Å². The molecule has 0 atom stereocenters. The lowest BCUT2D eigenvalue weighted by Gasteiger charge is -2.10. The first-order valence-corrected chi connectivity index (χ1v) is 6.46. The van der Waals surface area contributed by atoms with Crippen LogP contribution in [0.4, 0.5) is 5.82 Å². The van der Waals surface area contributed by atoms with Gasteiger partial charge in [-0.15, -0.1) is 0 Å². The molecule has 0 aliphatic heterocycles. The predicted octanol–water partition coefficient (Wildman–Crippen LogP) is 1.45. The van der Waals surface area contributed by atoms with Crippen molar-refractivity contribution in [3.63, 3.8) is 0 Å². The lowest BCUT2D eigenvalue weighted by molar-refractivity contribution is 0.273. The molecule has 0 saturated heterocycles. The van der Waals surface area contributed by atoms with Crippen LogP contribution in [0.1, 0.15) is 6.42 Å². The fourth-order valence-corrected chi connectivity index (χ4v) is 1.66. The molecule has 0 amide bonds. The fourth-order valence-electron chi connectivity index (χ4n) is 1.66. The molecule has 0 saturated carbocycles. The molecule has 0 aromatic carbocycles. The van der Waals surface area contributed by atoms with Crippen LogP contribution in [0.15, 0.2) is 30.7 Å². The molecular formula is C14H19N5O. The minimum absolute atomic E-state index is 0.405. The Kier molecular flexibility index (Phi) is 4.84.